The molecule has 0 bridgehead atoms. The Morgan fingerprint density at radius 2 is 2.00 bits per heavy atom. The molecule has 1 aromatic carbocycles. The maximum absolute atomic E-state index is 11.7. The summed E-state index contributed by atoms with van der Waals surface area (Å²) in [4.78, 5) is 16.5. The zero-order valence-corrected chi connectivity index (χ0v) is 13.1. The number of esters is 1. The van der Waals surface area contributed by atoms with Crippen LogP contribution < -0.4 is 10.6 Å². The van der Waals surface area contributed by atoms with E-state index in [1.54, 1.807) is 6.07 Å². The van der Waals surface area contributed by atoms with E-state index < -0.39 is 0 Å². The molecule has 1 aliphatic rings. The van der Waals surface area contributed by atoms with E-state index in [2.05, 4.69) is 23.6 Å². The molecule has 1 fully saturated rings. The fourth-order valence-electron chi connectivity index (χ4n) is 2.71. The van der Waals surface area contributed by atoms with Crippen molar-refractivity contribution in [2.75, 3.05) is 43.9 Å². The lowest BCUT2D eigenvalue weighted by atomic mass is 10.1. The highest BCUT2D eigenvalue weighted by Crippen LogP contribution is 2.23. The van der Waals surface area contributed by atoms with Crippen molar-refractivity contribution in [2.45, 2.75) is 26.3 Å². The molecule has 2 rings (SSSR count). The molecular formula is C16H25N3O2. The number of ether oxygens (including phenoxy) is 1. The van der Waals surface area contributed by atoms with Gasteiger partial charge in [-0.1, -0.05) is 6.92 Å². The Kier molecular flexibility index (Phi) is 5.07. The van der Waals surface area contributed by atoms with Crippen molar-refractivity contribution in [3.05, 3.63) is 23.8 Å². The van der Waals surface area contributed by atoms with E-state index in [1.807, 2.05) is 12.1 Å². The highest BCUT2D eigenvalue weighted by Gasteiger charge is 2.21. The van der Waals surface area contributed by atoms with E-state index in [0.717, 1.165) is 31.9 Å². The summed E-state index contributed by atoms with van der Waals surface area (Å²) in [6.07, 6.45) is 1.17. The quantitative estimate of drug-likeness (QED) is 0.679. The average molecular weight is 291 g/mol. The summed E-state index contributed by atoms with van der Waals surface area (Å²) in [6, 6.07) is 6.22. The Morgan fingerprint density at radius 3 is 2.57 bits per heavy atom. The first-order chi connectivity index (χ1) is 10.1. The Bertz CT molecular complexity index is 496. The molecule has 0 amide bonds. The molecule has 2 N–H and O–H groups in total. The van der Waals surface area contributed by atoms with Gasteiger partial charge in [-0.05, 0) is 31.5 Å². The number of anilines is 2. The molecule has 0 aliphatic carbocycles. The van der Waals surface area contributed by atoms with Crippen molar-refractivity contribution >= 4 is 17.3 Å². The minimum atomic E-state index is -0.382. The number of hydrogen-bond donors (Lipinski definition) is 1. The van der Waals surface area contributed by atoms with Crippen LogP contribution in [0.1, 0.15) is 30.6 Å². The van der Waals surface area contributed by atoms with E-state index in [0.29, 0.717) is 17.3 Å². The Labute approximate surface area is 126 Å². The van der Waals surface area contributed by atoms with Crippen molar-refractivity contribution < 1.29 is 9.53 Å². The van der Waals surface area contributed by atoms with Gasteiger partial charge >= 0.3 is 5.97 Å². The van der Waals surface area contributed by atoms with Crippen LogP contribution in [0.3, 0.4) is 0 Å². The van der Waals surface area contributed by atoms with Gasteiger partial charge in [-0.3, -0.25) is 4.90 Å². The second-order valence-corrected chi connectivity index (χ2v) is 5.54. The van der Waals surface area contributed by atoms with Crippen molar-refractivity contribution in [1.29, 1.82) is 0 Å². The SMILES string of the molecule is CCC(C)N1CCN(c2ccc(N)c(C(=O)OC)c2)CC1. The standard InChI is InChI=1S/C16H25N3O2/c1-4-12(2)18-7-9-19(10-8-18)13-5-6-15(17)14(11-13)16(20)21-3/h5-6,11-12H,4,7-10,17H2,1-3H3. The minimum Gasteiger partial charge on any atom is -0.465 e. The van der Waals surface area contributed by atoms with E-state index in [1.165, 1.54) is 13.5 Å². The van der Waals surface area contributed by atoms with Crippen LogP contribution in [0, 0.1) is 0 Å². The molecular weight excluding hydrogens is 266 g/mol. The summed E-state index contributed by atoms with van der Waals surface area (Å²) in [6.45, 7) is 8.53. The third-order valence-electron chi connectivity index (χ3n) is 4.34. The first kappa shape index (κ1) is 15.6. The lowest BCUT2D eigenvalue weighted by Crippen LogP contribution is -2.49. The number of benzene rings is 1. The molecule has 0 saturated carbocycles. The van der Waals surface area contributed by atoms with Gasteiger partial charge in [-0.2, -0.15) is 0 Å². The molecule has 21 heavy (non-hydrogen) atoms. The van der Waals surface area contributed by atoms with Gasteiger partial charge in [0.15, 0.2) is 0 Å². The highest BCUT2D eigenvalue weighted by atomic mass is 16.5. The normalized spacial score (nSPS) is 17.6. The average Bonchev–Trinajstić information content (AvgIpc) is 2.54. The number of methoxy groups -OCH3 is 1. The van der Waals surface area contributed by atoms with Crippen LogP contribution >= 0.6 is 0 Å². The smallest absolute Gasteiger partial charge is 0.340 e. The molecule has 1 heterocycles. The summed E-state index contributed by atoms with van der Waals surface area (Å²) in [5.74, 6) is -0.382. The van der Waals surface area contributed by atoms with E-state index >= 15 is 0 Å². The topological polar surface area (TPSA) is 58.8 Å². The first-order valence-corrected chi connectivity index (χ1v) is 7.53. The van der Waals surface area contributed by atoms with Crippen LogP contribution in [0.4, 0.5) is 11.4 Å². The number of piperazine rings is 1. The fourth-order valence-corrected chi connectivity index (χ4v) is 2.71. The van der Waals surface area contributed by atoms with E-state index in [9.17, 15) is 4.79 Å². The number of hydrogen-bond acceptors (Lipinski definition) is 5. The number of rotatable bonds is 4. The van der Waals surface area contributed by atoms with Crippen LogP contribution in [-0.2, 0) is 4.74 Å². The van der Waals surface area contributed by atoms with Crippen molar-refractivity contribution in [2.24, 2.45) is 0 Å². The molecule has 5 heteroatoms. The molecule has 1 aliphatic heterocycles. The summed E-state index contributed by atoms with van der Waals surface area (Å²) in [5.41, 5.74) is 7.79. The number of nitrogen functional groups attached to an aromatic ring is 1. The molecule has 116 valence electrons. The molecule has 0 aromatic heterocycles. The third kappa shape index (κ3) is 3.47. The molecule has 1 aromatic rings. The second kappa shape index (κ2) is 6.80. The van der Waals surface area contributed by atoms with Crippen LogP contribution in [-0.4, -0.2) is 50.2 Å². The number of nitrogens with zero attached hydrogens (tertiary/aromatic N) is 2. The predicted molar refractivity (Wildman–Crippen MR) is 85.7 cm³/mol. The Hall–Kier alpha value is -1.75. The second-order valence-electron chi connectivity index (χ2n) is 5.54. The van der Waals surface area contributed by atoms with Gasteiger partial charge in [-0.15, -0.1) is 0 Å². The van der Waals surface area contributed by atoms with Gasteiger partial charge in [0.05, 0.1) is 12.7 Å². The van der Waals surface area contributed by atoms with Crippen molar-refractivity contribution in [3.63, 3.8) is 0 Å². The maximum atomic E-state index is 11.7. The first-order valence-electron chi connectivity index (χ1n) is 7.53. The van der Waals surface area contributed by atoms with Crippen molar-refractivity contribution in [3.8, 4) is 0 Å². The maximum Gasteiger partial charge on any atom is 0.340 e. The summed E-state index contributed by atoms with van der Waals surface area (Å²) < 4.78 is 4.78. The Morgan fingerprint density at radius 1 is 1.33 bits per heavy atom. The molecule has 0 spiro atoms. The summed E-state index contributed by atoms with van der Waals surface area (Å²) in [7, 11) is 1.37. The zero-order valence-electron chi connectivity index (χ0n) is 13.1. The minimum absolute atomic E-state index is 0.382. The molecule has 1 unspecified atom stereocenters. The van der Waals surface area contributed by atoms with E-state index in [-0.39, 0.29) is 5.97 Å². The van der Waals surface area contributed by atoms with E-state index in [4.69, 9.17) is 10.5 Å². The van der Waals surface area contributed by atoms with Gasteiger partial charge in [-0.25, -0.2) is 4.79 Å². The Balaban J connectivity index is 2.08. The zero-order chi connectivity index (χ0) is 15.4. The van der Waals surface area contributed by atoms with Crippen LogP contribution in [0.25, 0.3) is 0 Å². The number of carbonyl (C=O) groups is 1. The number of nitrogens with two attached hydrogens (primary N) is 1. The monoisotopic (exact) mass is 291 g/mol. The summed E-state index contributed by atoms with van der Waals surface area (Å²) in [5, 5.41) is 0. The lowest BCUT2D eigenvalue weighted by molar-refractivity contribution is 0.0602. The van der Waals surface area contributed by atoms with Gasteiger partial charge in [0.2, 0.25) is 0 Å². The predicted octanol–water partition coefficient (Wildman–Crippen LogP) is 1.98. The van der Waals surface area contributed by atoms with Gasteiger partial charge in [0, 0.05) is 43.6 Å². The molecule has 5 nitrogen and oxygen atoms in total. The lowest BCUT2D eigenvalue weighted by Gasteiger charge is -2.39. The van der Waals surface area contributed by atoms with Crippen molar-refractivity contribution in [1.82, 2.24) is 4.90 Å². The van der Waals surface area contributed by atoms with Crippen LogP contribution in [0.2, 0.25) is 0 Å². The highest BCUT2D eigenvalue weighted by molar-refractivity contribution is 5.96. The third-order valence-corrected chi connectivity index (χ3v) is 4.34. The van der Waals surface area contributed by atoms with Gasteiger partial charge in [0.1, 0.15) is 0 Å². The molecule has 1 saturated heterocycles. The van der Waals surface area contributed by atoms with Gasteiger partial charge < -0.3 is 15.4 Å². The van der Waals surface area contributed by atoms with Crippen LogP contribution in [0.5, 0.6) is 0 Å². The van der Waals surface area contributed by atoms with Gasteiger partial charge in [0.25, 0.3) is 0 Å². The summed E-state index contributed by atoms with van der Waals surface area (Å²) >= 11 is 0. The fraction of sp³-hybridized carbons (Fsp3) is 0.562. The largest absolute Gasteiger partial charge is 0.465 e. The molecule has 1 atom stereocenters. The molecule has 0 radical (unpaired) electrons. The number of carbonyl (C=O) groups excluding carboxylic acids is 1. The van der Waals surface area contributed by atoms with Crippen LogP contribution in [0.15, 0.2) is 18.2 Å².